The fourth-order valence-corrected chi connectivity index (χ4v) is 2.24. The second kappa shape index (κ2) is 4.30. The van der Waals surface area contributed by atoms with Crippen molar-refractivity contribution in [3.05, 3.63) is 0 Å². The highest BCUT2D eigenvalue weighted by molar-refractivity contribution is 5.73. The molecule has 2 unspecified atom stereocenters. The Labute approximate surface area is 85.9 Å². The quantitative estimate of drug-likeness (QED) is 0.714. The Morgan fingerprint density at radius 1 is 1.50 bits per heavy atom. The lowest BCUT2D eigenvalue weighted by Crippen LogP contribution is -2.44. The Hall–Kier alpha value is -0.570. The molecule has 3 nitrogen and oxygen atoms in total. The van der Waals surface area contributed by atoms with Crippen LogP contribution < -0.4 is 5.32 Å². The van der Waals surface area contributed by atoms with Crippen LogP contribution in [0.4, 0.5) is 0 Å². The van der Waals surface area contributed by atoms with Crippen LogP contribution in [0, 0.1) is 11.3 Å². The number of hydrogen-bond donors (Lipinski definition) is 2. The van der Waals surface area contributed by atoms with E-state index in [9.17, 15) is 4.79 Å². The molecular weight excluding hydrogens is 178 g/mol. The fourth-order valence-electron chi connectivity index (χ4n) is 2.24. The van der Waals surface area contributed by atoms with Gasteiger partial charge in [-0.2, -0.15) is 0 Å². The largest absolute Gasteiger partial charge is 0.480 e. The molecule has 0 radical (unpaired) electrons. The minimum absolute atomic E-state index is 0.311. The maximum absolute atomic E-state index is 10.8. The Kier molecular flexibility index (Phi) is 3.53. The molecule has 1 fully saturated rings. The number of piperidine rings is 1. The van der Waals surface area contributed by atoms with Gasteiger partial charge in [-0.1, -0.05) is 20.8 Å². The summed E-state index contributed by atoms with van der Waals surface area (Å²) in [7, 11) is 0. The third-order valence-corrected chi connectivity index (χ3v) is 2.71. The van der Waals surface area contributed by atoms with E-state index in [0.717, 1.165) is 25.8 Å². The number of rotatable bonds is 2. The predicted molar refractivity (Wildman–Crippen MR) is 56.2 cm³/mol. The van der Waals surface area contributed by atoms with E-state index >= 15 is 0 Å². The van der Waals surface area contributed by atoms with Crippen LogP contribution in [0.15, 0.2) is 0 Å². The van der Waals surface area contributed by atoms with Crippen molar-refractivity contribution in [1.82, 2.24) is 5.32 Å². The molecule has 1 saturated heterocycles. The Morgan fingerprint density at radius 2 is 2.14 bits per heavy atom. The number of aliphatic carboxylic acids is 1. The number of carboxylic acid groups (broad SMARTS) is 1. The first-order chi connectivity index (χ1) is 6.38. The van der Waals surface area contributed by atoms with Crippen LogP contribution in [0.3, 0.4) is 0 Å². The van der Waals surface area contributed by atoms with E-state index in [1.807, 2.05) is 0 Å². The lowest BCUT2D eigenvalue weighted by molar-refractivity contribution is -0.140. The van der Waals surface area contributed by atoms with Crippen molar-refractivity contribution in [2.75, 3.05) is 6.54 Å². The molecule has 1 aliphatic heterocycles. The first kappa shape index (κ1) is 11.5. The standard InChI is InChI=1S/C11H21NO2/c1-11(2,3)7-8-4-5-12-9(6-8)10(13)14/h8-9,12H,4-7H2,1-3H3,(H,13,14). The molecule has 82 valence electrons. The molecule has 0 aliphatic carbocycles. The minimum Gasteiger partial charge on any atom is -0.480 e. The van der Waals surface area contributed by atoms with Crippen molar-refractivity contribution in [2.45, 2.75) is 46.1 Å². The SMILES string of the molecule is CC(C)(C)CC1CCNC(C(=O)O)C1. The number of carboxylic acids is 1. The minimum atomic E-state index is -0.705. The summed E-state index contributed by atoms with van der Waals surface area (Å²) in [5.74, 6) is -0.138. The van der Waals surface area contributed by atoms with E-state index < -0.39 is 5.97 Å². The first-order valence-corrected chi connectivity index (χ1v) is 5.35. The van der Waals surface area contributed by atoms with Crippen molar-refractivity contribution in [1.29, 1.82) is 0 Å². The van der Waals surface area contributed by atoms with Gasteiger partial charge in [0.15, 0.2) is 0 Å². The molecule has 1 aliphatic rings. The molecule has 14 heavy (non-hydrogen) atoms. The summed E-state index contributed by atoms with van der Waals surface area (Å²) < 4.78 is 0. The van der Waals surface area contributed by atoms with E-state index in [1.165, 1.54) is 0 Å². The Bertz CT molecular complexity index is 208. The van der Waals surface area contributed by atoms with Crippen LogP contribution >= 0.6 is 0 Å². The highest BCUT2D eigenvalue weighted by atomic mass is 16.4. The fraction of sp³-hybridized carbons (Fsp3) is 0.909. The molecule has 2 atom stereocenters. The molecule has 1 heterocycles. The topological polar surface area (TPSA) is 49.3 Å². The van der Waals surface area contributed by atoms with Gasteiger partial charge in [0.2, 0.25) is 0 Å². The molecule has 0 amide bonds. The molecule has 0 spiro atoms. The zero-order valence-corrected chi connectivity index (χ0v) is 9.34. The highest BCUT2D eigenvalue weighted by Gasteiger charge is 2.28. The number of nitrogens with one attached hydrogen (secondary N) is 1. The zero-order chi connectivity index (χ0) is 10.8. The Balaban J connectivity index is 2.44. The van der Waals surface area contributed by atoms with Crippen molar-refractivity contribution in [2.24, 2.45) is 11.3 Å². The summed E-state index contributed by atoms with van der Waals surface area (Å²) in [6, 6.07) is -0.323. The van der Waals surface area contributed by atoms with Crippen LogP contribution in [0.25, 0.3) is 0 Å². The van der Waals surface area contributed by atoms with Crippen LogP contribution in [0.5, 0.6) is 0 Å². The first-order valence-electron chi connectivity index (χ1n) is 5.35. The van der Waals surface area contributed by atoms with Gasteiger partial charge in [0.1, 0.15) is 6.04 Å². The summed E-state index contributed by atoms with van der Waals surface area (Å²) in [6.45, 7) is 7.48. The summed E-state index contributed by atoms with van der Waals surface area (Å²) in [5, 5.41) is 11.9. The van der Waals surface area contributed by atoms with Crippen LogP contribution in [0.2, 0.25) is 0 Å². The van der Waals surface area contributed by atoms with Gasteiger partial charge in [-0.25, -0.2) is 0 Å². The lowest BCUT2D eigenvalue weighted by Gasteiger charge is -2.32. The van der Waals surface area contributed by atoms with E-state index in [0.29, 0.717) is 11.3 Å². The van der Waals surface area contributed by atoms with Crippen LogP contribution in [-0.4, -0.2) is 23.7 Å². The summed E-state index contributed by atoms with van der Waals surface area (Å²) >= 11 is 0. The summed E-state index contributed by atoms with van der Waals surface area (Å²) in [6.07, 6.45) is 3.02. The van der Waals surface area contributed by atoms with Crippen molar-refractivity contribution < 1.29 is 9.90 Å². The molecule has 0 bridgehead atoms. The van der Waals surface area contributed by atoms with Gasteiger partial charge in [-0.05, 0) is 37.1 Å². The maximum atomic E-state index is 10.8. The van der Waals surface area contributed by atoms with Crippen molar-refractivity contribution in [3.8, 4) is 0 Å². The second-order valence-corrected chi connectivity index (χ2v) is 5.50. The number of carbonyl (C=O) groups is 1. The van der Waals surface area contributed by atoms with E-state index in [-0.39, 0.29) is 6.04 Å². The molecule has 0 aromatic heterocycles. The molecule has 0 aromatic carbocycles. The smallest absolute Gasteiger partial charge is 0.320 e. The lowest BCUT2D eigenvalue weighted by atomic mass is 9.79. The molecule has 0 saturated carbocycles. The van der Waals surface area contributed by atoms with E-state index in [2.05, 4.69) is 26.1 Å². The highest BCUT2D eigenvalue weighted by Crippen LogP contribution is 2.30. The summed E-state index contributed by atoms with van der Waals surface area (Å²) in [5.41, 5.74) is 0.311. The van der Waals surface area contributed by atoms with Gasteiger partial charge in [0, 0.05) is 0 Å². The number of hydrogen-bond acceptors (Lipinski definition) is 2. The van der Waals surface area contributed by atoms with Crippen molar-refractivity contribution >= 4 is 5.97 Å². The van der Waals surface area contributed by atoms with Crippen LogP contribution in [0.1, 0.15) is 40.0 Å². The Morgan fingerprint density at radius 3 is 2.64 bits per heavy atom. The molecule has 2 N–H and O–H groups in total. The van der Waals surface area contributed by atoms with Gasteiger partial charge < -0.3 is 10.4 Å². The monoisotopic (exact) mass is 199 g/mol. The molecule has 1 rings (SSSR count). The summed E-state index contributed by atoms with van der Waals surface area (Å²) in [4.78, 5) is 10.8. The average Bonchev–Trinajstić information content (AvgIpc) is 2.01. The van der Waals surface area contributed by atoms with Gasteiger partial charge in [-0.3, -0.25) is 4.79 Å². The molecule has 3 heteroatoms. The van der Waals surface area contributed by atoms with Gasteiger partial charge in [0.05, 0.1) is 0 Å². The van der Waals surface area contributed by atoms with Gasteiger partial charge >= 0.3 is 5.97 Å². The molecule has 0 aromatic rings. The van der Waals surface area contributed by atoms with E-state index in [1.54, 1.807) is 0 Å². The third-order valence-electron chi connectivity index (χ3n) is 2.71. The molecular formula is C11H21NO2. The average molecular weight is 199 g/mol. The van der Waals surface area contributed by atoms with Gasteiger partial charge in [0.25, 0.3) is 0 Å². The normalized spacial score (nSPS) is 28.8. The predicted octanol–water partition coefficient (Wildman–Crippen LogP) is 1.88. The van der Waals surface area contributed by atoms with Crippen LogP contribution in [-0.2, 0) is 4.79 Å². The van der Waals surface area contributed by atoms with Crippen molar-refractivity contribution in [3.63, 3.8) is 0 Å². The van der Waals surface area contributed by atoms with E-state index in [4.69, 9.17) is 5.11 Å². The van der Waals surface area contributed by atoms with Gasteiger partial charge in [-0.15, -0.1) is 0 Å². The zero-order valence-electron chi connectivity index (χ0n) is 9.34. The maximum Gasteiger partial charge on any atom is 0.320 e. The second-order valence-electron chi connectivity index (χ2n) is 5.50. The third kappa shape index (κ3) is 3.66.